The summed E-state index contributed by atoms with van der Waals surface area (Å²) in [4.78, 5) is 5.92. The fraction of sp³-hybridized carbons (Fsp3) is 0.600. The van der Waals surface area contributed by atoms with Gasteiger partial charge in [0.2, 0.25) is 0 Å². The number of aromatic nitrogens is 1. The first-order valence-electron chi connectivity index (χ1n) is 8.94. The zero-order valence-corrected chi connectivity index (χ0v) is 14.7. The van der Waals surface area contributed by atoms with Crippen LogP contribution >= 0.6 is 0 Å². The van der Waals surface area contributed by atoms with Gasteiger partial charge in [0.25, 0.3) is 0 Å². The van der Waals surface area contributed by atoms with Crippen molar-refractivity contribution in [3.05, 3.63) is 35.5 Å². The summed E-state index contributed by atoms with van der Waals surface area (Å²) in [5, 5.41) is 11.2. The maximum atomic E-state index is 9.85. The molecule has 0 saturated carbocycles. The van der Waals surface area contributed by atoms with Crippen molar-refractivity contribution in [1.82, 2.24) is 9.88 Å². The molecule has 1 aliphatic rings. The molecule has 0 unspecified atom stereocenters. The van der Waals surface area contributed by atoms with Gasteiger partial charge in [0, 0.05) is 23.1 Å². The van der Waals surface area contributed by atoms with Gasteiger partial charge < -0.3 is 15.0 Å². The number of aryl methyl sites for hydroxylation is 1. The molecule has 1 saturated heterocycles. The van der Waals surface area contributed by atoms with Crippen LogP contribution in [0, 0.1) is 0 Å². The number of aromatic amines is 1. The number of hydrogen-bond donors (Lipinski definition) is 2. The number of hydrogen-bond acceptors (Lipinski definition) is 2. The largest absolute Gasteiger partial charge is 0.390 e. The lowest BCUT2D eigenvalue weighted by molar-refractivity contribution is 0.0689. The Labute approximate surface area is 139 Å². The van der Waals surface area contributed by atoms with Gasteiger partial charge in [-0.15, -0.1) is 0 Å². The van der Waals surface area contributed by atoms with Crippen LogP contribution < -0.4 is 0 Å². The van der Waals surface area contributed by atoms with Gasteiger partial charge in [-0.1, -0.05) is 6.07 Å². The normalized spacial score (nSPS) is 19.7. The molecule has 2 aromatic rings. The zero-order chi connectivity index (χ0) is 16.4. The summed E-state index contributed by atoms with van der Waals surface area (Å²) in [6.45, 7) is 5.01. The first-order valence-corrected chi connectivity index (χ1v) is 8.94. The van der Waals surface area contributed by atoms with Crippen LogP contribution in [0.3, 0.4) is 0 Å². The Morgan fingerprint density at radius 3 is 2.87 bits per heavy atom. The van der Waals surface area contributed by atoms with Crippen molar-refractivity contribution in [2.24, 2.45) is 0 Å². The predicted octanol–water partition coefficient (Wildman–Crippen LogP) is 3.90. The minimum absolute atomic E-state index is 0.559. The number of nitrogens with one attached hydrogen (secondary N) is 1. The lowest BCUT2D eigenvalue weighted by Crippen LogP contribution is -2.26. The summed E-state index contributed by atoms with van der Waals surface area (Å²) in [5.74, 6) is 0. The first-order chi connectivity index (χ1) is 10.9. The summed E-state index contributed by atoms with van der Waals surface area (Å²) >= 11 is 0. The smallest absolute Gasteiger partial charge is 0.0591 e. The quantitative estimate of drug-likeness (QED) is 0.849. The van der Waals surface area contributed by atoms with Gasteiger partial charge in [-0.25, -0.2) is 0 Å². The van der Waals surface area contributed by atoms with E-state index in [4.69, 9.17) is 0 Å². The molecule has 0 spiro atoms. The summed E-state index contributed by atoms with van der Waals surface area (Å²) in [7, 11) is 2.24. The molecule has 2 N–H and O–H groups in total. The third-order valence-corrected chi connectivity index (χ3v) is 5.21. The Morgan fingerprint density at radius 1 is 1.35 bits per heavy atom. The van der Waals surface area contributed by atoms with E-state index in [2.05, 4.69) is 41.3 Å². The second-order valence-corrected chi connectivity index (χ2v) is 7.84. The van der Waals surface area contributed by atoms with Gasteiger partial charge >= 0.3 is 0 Å². The Balaban J connectivity index is 1.71. The number of benzene rings is 1. The first kappa shape index (κ1) is 16.5. The van der Waals surface area contributed by atoms with E-state index in [1.165, 1.54) is 41.4 Å². The Morgan fingerprint density at radius 2 is 2.17 bits per heavy atom. The Bertz CT molecular complexity index is 653. The molecular formula is C20H30N2O. The van der Waals surface area contributed by atoms with E-state index in [0.717, 1.165) is 25.7 Å². The van der Waals surface area contributed by atoms with Crippen LogP contribution in [0.5, 0.6) is 0 Å². The highest BCUT2D eigenvalue weighted by Crippen LogP contribution is 2.26. The molecule has 0 bridgehead atoms. The highest BCUT2D eigenvalue weighted by atomic mass is 16.3. The van der Waals surface area contributed by atoms with Crippen molar-refractivity contribution in [1.29, 1.82) is 0 Å². The van der Waals surface area contributed by atoms with Crippen molar-refractivity contribution in [3.8, 4) is 0 Å². The molecule has 0 amide bonds. The summed E-state index contributed by atoms with van der Waals surface area (Å²) in [5.41, 5.74) is 3.51. The molecule has 1 aromatic heterocycles. The van der Waals surface area contributed by atoms with E-state index < -0.39 is 5.60 Å². The van der Waals surface area contributed by atoms with E-state index >= 15 is 0 Å². The molecule has 23 heavy (non-hydrogen) atoms. The number of nitrogens with zero attached hydrogens (tertiary/aromatic N) is 1. The van der Waals surface area contributed by atoms with Crippen LogP contribution in [0.4, 0.5) is 0 Å². The molecule has 2 heterocycles. The van der Waals surface area contributed by atoms with Crippen LogP contribution in [-0.2, 0) is 12.8 Å². The number of likely N-dealkylation sites (N-methyl/N-ethyl adjacent to an activating group) is 1. The molecule has 3 nitrogen and oxygen atoms in total. The van der Waals surface area contributed by atoms with E-state index in [9.17, 15) is 5.11 Å². The molecule has 0 aliphatic carbocycles. The monoisotopic (exact) mass is 314 g/mol. The summed E-state index contributed by atoms with van der Waals surface area (Å²) in [6, 6.07) is 7.46. The number of likely N-dealkylation sites (tertiary alicyclic amines) is 1. The van der Waals surface area contributed by atoms with Gasteiger partial charge in [-0.3, -0.25) is 0 Å². The molecule has 1 fully saturated rings. The summed E-state index contributed by atoms with van der Waals surface area (Å²) in [6.07, 6.45) is 8.88. The highest BCUT2D eigenvalue weighted by molar-refractivity contribution is 5.84. The topological polar surface area (TPSA) is 39.3 Å². The molecule has 3 heteroatoms. The van der Waals surface area contributed by atoms with E-state index in [-0.39, 0.29) is 0 Å². The van der Waals surface area contributed by atoms with Crippen molar-refractivity contribution < 1.29 is 5.11 Å². The van der Waals surface area contributed by atoms with Gasteiger partial charge in [-0.05, 0) is 89.2 Å². The highest BCUT2D eigenvalue weighted by Gasteiger charge is 2.22. The lowest BCUT2D eigenvalue weighted by atomic mass is 9.97. The minimum Gasteiger partial charge on any atom is -0.390 e. The Kier molecular flexibility index (Phi) is 4.79. The maximum Gasteiger partial charge on any atom is 0.0591 e. The fourth-order valence-electron chi connectivity index (χ4n) is 3.77. The van der Waals surface area contributed by atoms with E-state index in [0.29, 0.717) is 6.04 Å². The Hall–Kier alpha value is -1.32. The molecule has 3 rings (SSSR count). The number of rotatable bonds is 6. The average Bonchev–Trinajstić information content (AvgIpc) is 3.05. The van der Waals surface area contributed by atoms with Crippen LogP contribution in [0.25, 0.3) is 10.9 Å². The predicted molar refractivity (Wildman–Crippen MR) is 96.9 cm³/mol. The molecule has 126 valence electrons. The molecule has 0 radical (unpaired) electrons. The average molecular weight is 314 g/mol. The van der Waals surface area contributed by atoms with Crippen LogP contribution in [0.1, 0.15) is 50.7 Å². The second-order valence-electron chi connectivity index (χ2n) is 7.84. The van der Waals surface area contributed by atoms with Crippen molar-refractivity contribution in [2.75, 3.05) is 13.6 Å². The van der Waals surface area contributed by atoms with E-state index in [1.807, 2.05) is 13.8 Å². The van der Waals surface area contributed by atoms with Crippen molar-refractivity contribution in [2.45, 2.75) is 64.0 Å². The number of aliphatic hydroxyl groups is 1. The van der Waals surface area contributed by atoms with Gasteiger partial charge in [-0.2, -0.15) is 0 Å². The van der Waals surface area contributed by atoms with Crippen LogP contribution in [-0.4, -0.2) is 40.2 Å². The molecule has 1 aromatic carbocycles. The van der Waals surface area contributed by atoms with Crippen molar-refractivity contribution >= 4 is 10.9 Å². The summed E-state index contributed by atoms with van der Waals surface area (Å²) < 4.78 is 0. The lowest BCUT2D eigenvalue weighted by Gasteiger charge is -2.19. The zero-order valence-electron chi connectivity index (χ0n) is 14.7. The standard InChI is InChI=1S/C20H30N2O/c1-20(2,23)10-4-6-15-8-9-19-18(12-15)16(14-21-19)13-17-7-5-11-22(17)3/h8-9,12,14,17,21,23H,4-7,10-11,13H2,1-3H3/t17-/m1/s1. The third-order valence-electron chi connectivity index (χ3n) is 5.21. The number of fused-ring (bicyclic) bond motifs is 1. The molecule has 1 aliphatic heterocycles. The van der Waals surface area contributed by atoms with Crippen molar-refractivity contribution in [3.63, 3.8) is 0 Å². The third kappa shape index (κ3) is 4.15. The minimum atomic E-state index is -0.559. The molecule has 1 atom stereocenters. The van der Waals surface area contributed by atoms with Gasteiger partial charge in [0.05, 0.1) is 5.60 Å². The van der Waals surface area contributed by atoms with Crippen LogP contribution in [0.15, 0.2) is 24.4 Å². The SMILES string of the molecule is CN1CCC[C@@H]1Cc1c[nH]c2ccc(CCCC(C)(C)O)cc12. The second kappa shape index (κ2) is 6.66. The number of H-pyrrole nitrogens is 1. The van der Waals surface area contributed by atoms with E-state index in [1.54, 1.807) is 0 Å². The maximum absolute atomic E-state index is 9.85. The molecular weight excluding hydrogens is 284 g/mol. The van der Waals surface area contributed by atoms with Gasteiger partial charge in [0.15, 0.2) is 0 Å². The fourth-order valence-corrected chi connectivity index (χ4v) is 3.77. The van der Waals surface area contributed by atoms with Gasteiger partial charge in [0.1, 0.15) is 0 Å². The van der Waals surface area contributed by atoms with Crippen LogP contribution in [0.2, 0.25) is 0 Å².